The van der Waals surface area contributed by atoms with Crippen LogP contribution >= 0.6 is 0 Å². The number of nitrogens with one attached hydrogen (secondary N) is 1. The zero-order chi connectivity index (χ0) is 24.8. The highest BCUT2D eigenvalue weighted by Crippen LogP contribution is 2.26. The predicted octanol–water partition coefficient (Wildman–Crippen LogP) is 3.23. The number of sulfonamides is 1. The number of amides is 1. The van der Waals surface area contributed by atoms with Gasteiger partial charge in [-0.05, 0) is 41.8 Å². The number of hydrogen-bond acceptors (Lipinski definition) is 5. The van der Waals surface area contributed by atoms with Crippen molar-refractivity contribution in [1.29, 1.82) is 0 Å². The normalized spacial score (nSPS) is 11.3. The molecule has 8 nitrogen and oxygen atoms in total. The summed E-state index contributed by atoms with van der Waals surface area (Å²) in [5, 5.41) is 12.8. The van der Waals surface area contributed by atoms with Crippen LogP contribution in [0.3, 0.4) is 0 Å². The van der Waals surface area contributed by atoms with E-state index in [9.17, 15) is 13.2 Å². The molecule has 3 N–H and O–H groups in total. The van der Waals surface area contributed by atoms with Crippen molar-refractivity contribution in [2.24, 2.45) is 5.14 Å². The van der Waals surface area contributed by atoms with Gasteiger partial charge in [0, 0.05) is 18.3 Å². The summed E-state index contributed by atoms with van der Waals surface area (Å²) in [7, 11) is -2.14. The molecule has 0 aliphatic rings. The Balaban J connectivity index is 1.52. The van der Waals surface area contributed by atoms with Crippen molar-refractivity contribution in [3.63, 3.8) is 0 Å². The minimum absolute atomic E-state index is 0.0547. The number of rotatable bonds is 9. The third-order valence-corrected chi connectivity index (χ3v) is 6.42. The molecule has 0 atom stereocenters. The lowest BCUT2D eigenvalue weighted by Gasteiger charge is -2.07. The van der Waals surface area contributed by atoms with E-state index in [2.05, 4.69) is 5.32 Å². The van der Waals surface area contributed by atoms with Gasteiger partial charge in [-0.2, -0.15) is 5.10 Å². The summed E-state index contributed by atoms with van der Waals surface area (Å²) < 4.78 is 29.9. The van der Waals surface area contributed by atoms with Gasteiger partial charge in [0.25, 0.3) is 5.91 Å². The predicted molar refractivity (Wildman–Crippen MR) is 134 cm³/mol. The topological polar surface area (TPSA) is 116 Å². The van der Waals surface area contributed by atoms with Crippen LogP contribution in [0.5, 0.6) is 5.75 Å². The van der Waals surface area contributed by atoms with Crippen LogP contribution in [0.4, 0.5) is 0 Å². The number of methoxy groups -OCH3 is 1. The summed E-state index contributed by atoms with van der Waals surface area (Å²) in [6.45, 7) is 0.899. The second-order valence-electron chi connectivity index (χ2n) is 8.00. The van der Waals surface area contributed by atoms with Crippen molar-refractivity contribution in [1.82, 2.24) is 15.1 Å². The fourth-order valence-electron chi connectivity index (χ4n) is 3.68. The molecule has 1 heterocycles. The highest BCUT2D eigenvalue weighted by atomic mass is 32.2. The molecule has 0 aliphatic carbocycles. The summed E-state index contributed by atoms with van der Waals surface area (Å²) in [6.07, 6.45) is 2.28. The number of benzene rings is 3. The molecule has 0 radical (unpaired) electrons. The van der Waals surface area contributed by atoms with E-state index >= 15 is 0 Å². The van der Waals surface area contributed by atoms with E-state index in [0.717, 1.165) is 16.7 Å². The summed E-state index contributed by atoms with van der Waals surface area (Å²) in [6, 6.07) is 23.6. The highest BCUT2D eigenvalue weighted by molar-refractivity contribution is 7.89. The van der Waals surface area contributed by atoms with E-state index in [4.69, 9.17) is 15.0 Å². The Morgan fingerprint density at radius 3 is 2.43 bits per heavy atom. The van der Waals surface area contributed by atoms with Gasteiger partial charge in [0.05, 0.1) is 24.1 Å². The second kappa shape index (κ2) is 10.5. The number of aromatic nitrogens is 2. The Bertz CT molecular complexity index is 1420. The highest BCUT2D eigenvalue weighted by Gasteiger charge is 2.18. The molecular formula is C26H26N4O4S. The molecule has 3 aromatic carbocycles. The van der Waals surface area contributed by atoms with Crippen molar-refractivity contribution in [2.75, 3.05) is 13.7 Å². The average Bonchev–Trinajstić information content (AvgIpc) is 3.28. The van der Waals surface area contributed by atoms with Crippen LogP contribution < -0.4 is 15.2 Å². The first-order valence-corrected chi connectivity index (χ1v) is 12.5. The molecule has 0 aliphatic heterocycles. The maximum atomic E-state index is 13.1. The smallest absolute Gasteiger partial charge is 0.255 e. The van der Waals surface area contributed by atoms with E-state index in [1.54, 1.807) is 30.1 Å². The molecule has 0 saturated carbocycles. The molecule has 0 saturated heterocycles. The van der Waals surface area contributed by atoms with E-state index in [1.165, 1.54) is 12.1 Å². The van der Waals surface area contributed by atoms with Crippen molar-refractivity contribution < 1.29 is 17.9 Å². The van der Waals surface area contributed by atoms with Crippen LogP contribution in [0.2, 0.25) is 0 Å². The van der Waals surface area contributed by atoms with Gasteiger partial charge in [0.2, 0.25) is 10.0 Å². The van der Waals surface area contributed by atoms with E-state index in [-0.39, 0.29) is 10.8 Å². The number of nitrogens with two attached hydrogens (primary N) is 1. The van der Waals surface area contributed by atoms with Crippen molar-refractivity contribution in [2.45, 2.75) is 17.9 Å². The standard InChI is InChI=1S/C26H26N4O4S/c1-34-22-9-5-8-21(16-22)25-24(18-30(29-25)17-20-6-3-2-4-7-20)26(31)28-15-14-19-10-12-23(13-11-19)35(27,32)33/h2-13,16,18H,14-15,17H2,1H3,(H,28,31)(H2,27,32,33). The molecule has 0 bridgehead atoms. The number of carbonyl (C=O) groups excluding carboxylic acids is 1. The van der Waals surface area contributed by atoms with Gasteiger partial charge >= 0.3 is 0 Å². The Morgan fingerprint density at radius 1 is 1.00 bits per heavy atom. The first-order valence-electron chi connectivity index (χ1n) is 11.0. The Kier molecular flexibility index (Phi) is 7.28. The zero-order valence-corrected chi connectivity index (χ0v) is 20.0. The Hall–Kier alpha value is -3.95. The lowest BCUT2D eigenvalue weighted by Crippen LogP contribution is -2.26. The van der Waals surface area contributed by atoms with Crippen LogP contribution in [-0.4, -0.2) is 37.8 Å². The SMILES string of the molecule is COc1cccc(-c2nn(Cc3ccccc3)cc2C(=O)NCCc2ccc(S(N)(=O)=O)cc2)c1. The van der Waals surface area contributed by atoms with Crippen molar-refractivity contribution >= 4 is 15.9 Å². The van der Waals surface area contributed by atoms with Crippen LogP contribution in [-0.2, 0) is 23.0 Å². The summed E-state index contributed by atoms with van der Waals surface area (Å²) in [5.41, 5.74) is 3.75. The number of carbonyl (C=O) groups is 1. The van der Waals surface area contributed by atoms with Gasteiger partial charge in [0.1, 0.15) is 11.4 Å². The molecular weight excluding hydrogens is 464 g/mol. The molecule has 9 heteroatoms. The van der Waals surface area contributed by atoms with Gasteiger partial charge in [-0.3, -0.25) is 9.48 Å². The minimum Gasteiger partial charge on any atom is -0.497 e. The third-order valence-electron chi connectivity index (χ3n) is 5.49. The molecule has 1 aromatic heterocycles. The van der Waals surface area contributed by atoms with Gasteiger partial charge in [-0.25, -0.2) is 13.6 Å². The average molecular weight is 491 g/mol. The first kappa shape index (κ1) is 24.2. The zero-order valence-electron chi connectivity index (χ0n) is 19.2. The first-order chi connectivity index (χ1) is 16.8. The quantitative estimate of drug-likeness (QED) is 0.374. The van der Waals surface area contributed by atoms with Crippen molar-refractivity contribution in [3.8, 4) is 17.0 Å². The van der Waals surface area contributed by atoms with E-state index in [1.807, 2.05) is 54.6 Å². The largest absolute Gasteiger partial charge is 0.497 e. The molecule has 4 aromatic rings. The fraction of sp³-hybridized carbons (Fsp3) is 0.154. The molecule has 0 spiro atoms. The lowest BCUT2D eigenvalue weighted by molar-refractivity contribution is 0.0954. The fourth-order valence-corrected chi connectivity index (χ4v) is 4.20. The Morgan fingerprint density at radius 2 is 1.74 bits per heavy atom. The van der Waals surface area contributed by atoms with Gasteiger partial charge < -0.3 is 10.1 Å². The monoisotopic (exact) mass is 490 g/mol. The van der Waals surface area contributed by atoms with Crippen LogP contribution in [0.25, 0.3) is 11.3 Å². The van der Waals surface area contributed by atoms with Gasteiger partial charge in [-0.15, -0.1) is 0 Å². The number of hydrogen-bond donors (Lipinski definition) is 2. The maximum Gasteiger partial charge on any atom is 0.255 e. The third kappa shape index (κ3) is 6.14. The van der Waals surface area contributed by atoms with Gasteiger partial charge in [-0.1, -0.05) is 54.6 Å². The Labute approximate surface area is 204 Å². The molecule has 0 unspecified atom stereocenters. The molecule has 1 amide bonds. The van der Waals surface area contributed by atoms with Crippen LogP contribution in [0, 0.1) is 0 Å². The minimum atomic E-state index is -3.73. The number of nitrogens with zero attached hydrogens (tertiary/aromatic N) is 2. The molecule has 35 heavy (non-hydrogen) atoms. The number of ether oxygens (including phenoxy) is 1. The summed E-state index contributed by atoms with van der Waals surface area (Å²) >= 11 is 0. The number of primary sulfonamides is 1. The van der Waals surface area contributed by atoms with E-state index < -0.39 is 10.0 Å². The molecule has 180 valence electrons. The second-order valence-corrected chi connectivity index (χ2v) is 9.56. The van der Waals surface area contributed by atoms with Crippen LogP contribution in [0.15, 0.2) is 90.0 Å². The lowest BCUT2D eigenvalue weighted by atomic mass is 10.1. The molecule has 0 fully saturated rings. The summed E-state index contributed by atoms with van der Waals surface area (Å²) in [5.74, 6) is 0.428. The summed E-state index contributed by atoms with van der Waals surface area (Å²) in [4.78, 5) is 13.2. The van der Waals surface area contributed by atoms with E-state index in [0.29, 0.717) is 36.5 Å². The van der Waals surface area contributed by atoms with Crippen LogP contribution in [0.1, 0.15) is 21.5 Å². The van der Waals surface area contributed by atoms with Gasteiger partial charge in [0.15, 0.2) is 0 Å². The maximum absolute atomic E-state index is 13.1. The molecule has 4 rings (SSSR count). The van der Waals surface area contributed by atoms with Crippen molar-refractivity contribution in [3.05, 3.63) is 102 Å².